The molecule has 4 heteroatoms. The number of nitrogens with one attached hydrogen (secondary N) is 2. The molecule has 1 fully saturated rings. The van der Waals surface area contributed by atoms with Crippen molar-refractivity contribution < 1.29 is 4.79 Å². The number of para-hydroxylation sites is 1. The van der Waals surface area contributed by atoms with Gasteiger partial charge in [-0.25, -0.2) is 0 Å². The minimum atomic E-state index is -0.171. The van der Waals surface area contributed by atoms with Gasteiger partial charge in [0.15, 0.2) is 0 Å². The van der Waals surface area contributed by atoms with E-state index in [-0.39, 0.29) is 5.91 Å². The standard InChI is InChI=1S/C17H19N3O/c1-2-12-5-3-4-6-15(12)20-17(21)16-11-14(9-10-18-16)19-13-7-8-13/h3-6,9-11,13H,2,7-8H2,1H3,(H,18,19)(H,20,21). The maximum atomic E-state index is 12.3. The van der Waals surface area contributed by atoms with Gasteiger partial charge in [0.25, 0.3) is 5.91 Å². The molecule has 1 saturated carbocycles. The number of carbonyl (C=O) groups is 1. The molecule has 1 aliphatic carbocycles. The van der Waals surface area contributed by atoms with E-state index in [0.29, 0.717) is 11.7 Å². The second-order valence-corrected chi connectivity index (χ2v) is 5.31. The number of carbonyl (C=O) groups excluding carboxylic acids is 1. The number of hydrogen-bond acceptors (Lipinski definition) is 3. The lowest BCUT2D eigenvalue weighted by atomic mass is 10.1. The Morgan fingerprint density at radius 2 is 2.10 bits per heavy atom. The molecule has 2 N–H and O–H groups in total. The molecule has 0 saturated heterocycles. The number of amides is 1. The Bertz CT molecular complexity index is 650. The van der Waals surface area contributed by atoms with Crippen LogP contribution < -0.4 is 10.6 Å². The predicted molar refractivity (Wildman–Crippen MR) is 84.7 cm³/mol. The van der Waals surface area contributed by atoms with Crippen LogP contribution in [0, 0.1) is 0 Å². The minimum absolute atomic E-state index is 0.171. The Morgan fingerprint density at radius 3 is 2.86 bits per heavy atom. The van der Waals surface area contributed by atoms with Crippen molar-refractivity contribution in [2.24, 2.45) is 0 Å². The SMILES string of the molecule is CCc1ccccc1NC(=O)c1cc(NC2CC2)ccn1. The van der Waals surface area contributed by atoms with Crippen molar-refractivity contribution in [1.82, 2.24) is 4.98 Å². The van der Waals surface area contributed by atoms with Crippen molar-refractivity contribution in [3.05, 3.63) is 53.9 Å². The van der Waals surface area contributed by atoms with Crippen LogP contribution in [0.1, 0.15) is 35.8 Å². The van der Waals surface area contributed by atoms with Crippen molar-refractivity contribution in [2.75, 3.05) is 10.6 Å². The van der Waals surface area contributed by atoms with E-state index in [0.717, 1.165) is 23.4 Å². The summed E-state index contributed by atoms with van der Waals surface area (Å²) in [6.45, 7) is 2.07. The highest BCUT2D eigenvalue weighted by molar-refractivity contribution is 6.03. The van der Waals surface area contributed by atoms with Gasteiger partial charge in [0.1, 0.15) is 5.69 Å². The fraction of sp³-hybridized carbons (Fsp3) is 0.294. The molecule has 4 nitrogen and oxygen atoms in total. The number of pyridine rings is 1. The monoisotopic (exact) mass is 281 g/mol. The first-order chi connectivity index (χ1) is 10.3. The van der Waals surface area contributed by atoms with E-state index in [1.165, 1.54) is 12.8 Å². The van der Waals surface area contributed by atoms with E-state index in [1.54, 1.807) is 6.20 Å². The molecule has 1 aliphatic rings. The van der Waals surface area contributed by atoms with E-state index >= 15 is 0 Å². The first-order valence-corrected chi connectivity index (χ1v) is 7.38. The molecule has 108 valence electrons. The number of aromatic nitrogens is 1. The maximum absolute atomic E-state index is 12.3. The van der Waals surface area contributed by atoms with Gasteiger partial charge in [-0.15, -0.1) is 0 Å². The lowest BCUT2D eigenvalue weighted by Gasteiger charge is -2.10. The van der Waals surface area contributed by atoms with Crippen LogP contribution in [0.2, 0.25) is 0 Å². The van der Waals surface area contributed by atoms with Gasteiger partial charge in [0.2, 0.25) is 0 Å². The molecule has 2 aromatic rings. The van der Waals surface area contributed by atoms with E-state index < -0.39 is 0 Å². The number of benzene rings is 1. The van der Waals surface area contributed by atoms with Crippen LogP contribution in [-0.2, 0) is 6.42 Å². The third-order valence-electron chi connectivity index (χ3n) is 3.59. The van der Waals surface area contributed by atoms with Gasteiger partial charge >= 0.3 is 0 Å². The van der Waals surface area contributed by atoms with E-state index in [2.05, 4.69) is 22.5 Å². The van der Waals surface area contributed by atoms with Crippen molar-refractivity contribution in [1.29, 1.82) is 0 Å². The number of rotatable bonds is 5. The molecule has 0 aliphatic heterocycles. The summed E-state index contributed by atoms with van der Waals surface area (Å²) in [5.74, 6) is -0.171. The van der Waals surface area contributed by atoms with Crippen molar-refractivity contribution in [2.45, 2.75) is 32.2 Å². The van der Waals surface area contributed by atoms with Crippen molar-refractivity contribution >= 4 is 17.3 Å². The van der Waals surface area contributed by atoms with Gasteiger partial charge in [-0.2, -0.15) is 0 Å². The molecule has 0 atom stereocenters. The number of aryl methyl sites for hydroxylation is 1. The zero-order valence-electron chi connectivity index (χ0n) is 12.1. The number of nitrogens with zero attached hydrogens (tertiary/aromatic N) is 1. The summed E-state index contributed by atoms with van der Waals surface area (Å²) >= 11 is 0. The molecule has 0 unspecified atom stereocenters. The summed E-state index contributed by atoms with van der Waals surface area (Å²) in [6, 6.07) is 12.1. The van der Waals surface area contributed by atoms with Crippen LogP contribution in [0.3, 0.4) is 0 Å². The minimum Gasteiger partial charge on any atom is -0.382 e. The topological polar surface area (TPSA) is 54.0 Å². The first kappa shape index (κ1) is 13.6. The van der Waals surface area contributed by atoms with Crippen LogP contribution in [-0.4, -0.2) is 16.9 Å². The third-order valence-corrected chi connectivity index (χ3v) is 3.59. The molecular weight excluding hydrogens is 262 g/mol. The van der Waals surface area contributed by atoms with Gasteiger partial charge < -0.3 is 10.6 Å². The van der Waals surface area contributed by atoms with Gasteiger partial charge in [0, 0.05) is 23.6 Å². The van der Waals surface area contributed by atoms with Crippen LogP contribution >= 0.6 is 0 Å². The second-order valence-electron chi connectivity index (χ2n) is 5.31. The lowest BCUT2D eigenvalue weighted by Crippen LogP contribution is -2.15. The molecule has 0 bridgehead atoms. The van der Waals surface area contributed by atoms with Gasteiger partial charge in [-0.05, 0) is 43.0 Å². The normalized spacial score (nSPS) is 13.8. The molecule has 1 aromatic carbocycles. The Balaban J connectivity index is 1.75. The van der Waals surface area contributed by atoms with Gasteiger partial charge in [-0.1, -0.05) is 25.1 Å². The number of hydrogen-bond donors (Lipinski definition) is 2. The van der Waals surface area contributed by atoms with Crippen molar-refractivity contribution in [3.8, 4) is 0 Å². The van der Waals surface area contributed by atoms with Crippen LogP contribution in [0.5, 0.6) is 0 Å². The molecule has 0 radical (unpaired) electrons. The fourth-order valence-corrected chi connectivity index (χ4v) is 2.24. The Morgan fingerprint density at radius 1 is 1.29 bits per heavy atom. The van der Waals surface area contributed by atoms with E-state index in [1.807, 2.05) is 36.4 Å². The average molecular weight is 281 g/mol. The van der Waals surface area contributed by atoms with Crippen LogP contribution in [0.25, 0.3) is 0 Å². The van der Waals surface area contributed by atoms with E-state index in [9.17, 15) is 4.79 Å². The summed E-state index contributed by atoms with van der Waals surface area (Å²) in [7, 11) is 0. The zero-order valence-corrected chi connectivity index (χ0v) is 12.1. The molecule has 1 aromatic heterocycles. The Hall–Kier alpha value is -2.36. The quantitative estimate of drug-likeness (QED) is 0.882. The summed E-state index contributed by atoms with van der Waals surface area (Å²) in [5, 5.41) is 6.32. The molecule has 1 amide bonds. The van der Waals surface area contributed by atoms with Crippen LogP contribution in [0.15, 0.2) is 42.6 Å². The van der Waals surface area contributed by atoms with Crippen molar-refractivity contribution in [3.63, 3.8) is 0 Å². The Labute approximate surface area is 124 Å². The first-order valence-electron chi connectivity index (χ1n) is 7.38. The van der Waals surface area contributed by atoms with Crippen LogP contribution in [0.4, 0.5) is 11.4 Å². The smallest absolute Gasteiger partial charge is 0.274 e. The second kappa shape index (κ2) is 5.95. The van der Waals surface area contributed by atoms with E-state index in [4.69, 9.17) is 0 Å². The highest BCUT2D eigenvalue weighted by atomic mass is 16.1. The highest BCUT2D eigenvalue weighted by Crippen LogP contribution is 2.24. The molecule has 3 rings (SSSR count). The largest absolute Gasteiger partial charge is 0.382 e. The summed E-state index contributed by atoms with van der Waals surface area (Å²) in [5.41, 5.74) is 3.37. The number of anilines is 2. The zero-order chi connectivity index (χ0) is 14.7. The average Bonchev–Trinajstić information content (AvgIpc) is 3.32. The van der Waals surface area contributed by atoms with Gasteiger partial charge in [0.05, 0.1) is 0 Å². The predicted octanol–water partition coefficient (Wildman–Crippen LogP) is 3.47. The molecule has 21 heavy (non-hydrogen) atoms. The molecular formula is C17H19N3O. The lowest BCUT2D eigenvalue weighted by molar-refractivity contribution is 0.102. The summed E-state index contributed by atoms with van der Waals surface area (Å²) in [4.78, 5) is 16.5. The van der Waals surface area contributed by atoms with Gasteiger partial charge in [-0.3, -0.25) is 9.78 Å². The molecule has 1 heterocycles. The third kappa shape index (κ3) is 3.40. The summed E-state index contributed by atoms with van der Waals surface area (Å²) < 4.78 is 0. The fourth-order valence-electron chi connectivity index (χ4n) is 2.24. The highest BCUT2D eigenvalue weighted by Gasteiger charge is 2.21. The summed E-state index contributed by atoms with van der Waals surface area (Å²) in [6.07, 6.45) is 4.96. The Kier molecular flexibility index (Phi) is 3.86. The molecule has 0 spiro atoms. The maximum Gasteiger partial charge on any atom is 0.274 e.